The minimum Gasteiger partial charge on any atom is -0.748 e. The Morgan fingerprint density at radius 3 is 1.64 bits per heavy atom. The van der Waals surface area contributed by atoms with E-state index in [0.29, 0.717) is 0 Å². The zero-order valence-corrected chi connectivity index (χ0v) is 47.6. The average Bonchev–Trinajstić information content (AvgIpc) is 3.19. The summed E-state index contributed by atoms with van der Waals surface area (Å²) in [7, 11) is -13.1. The molecule has 0 amide bonds. The van der Waals surface area contributed by atoms with Crippen molar-refractivity contribution in [2.45, 2.75) is 17.1 Å². The van der Waals surface area contributed by atoms with E-state index in [1.54, 1.807) is 0 Å². The first-order valence-corrected chi connectivity index (χ1v) is 23.2. The van der Waals surface area contributed by atoms with Gasteiger partial charge in [0.15, 0.2) is 0 Å². The smallest absolute Gasteiger partial charge is 0.748 e. The van der Waals surface area contributed by atoms with Crippen molar-refractivity contribution in [3.63, 3.8) is 0 Å². The fourth-order valence-corrected chi connectivity index (χ4v) is 6.58. The summed E-state index contributed by atoms with van der Waals surface area (Å²) in [5.74, 6) is -3.23. The molecule has 346 valence electrons. The number of aliphatic hydroxyl groups excluding tert-OH is 4. The van der Waals surface area contributed by atoms with Crippen molar-refractivity contribution in [1.82, 2.24) is 29.9 Å². The van der Waals surface area contributed by atoms with Crippen LogP contribution < -0.4 is 154 Å². The van der Waals surface area contributed by atoms with Crippen molar-refractivity contribution in [1.29, 1.82) is 0 Å². The molecule has 9 N–H and O–H groups in total. The zero-order chi connectivity index (χ0) is 46.5. The Balaban J connectivity index is 0.0000109. The van der Waals surface area contributed by atoms with E-state index in [9.17, 15) is 57.9 Å². The Morgan fingerprint density at radius 2 is 1.13 bits per heavy atom. The molecule has 2 aromatic heterocycles. The van der Waals surface area contributed by atoms with Gasteiger partial charge >= 0.3 is 118 Å². The van der Waals surface area contributed by atoms with Crippen LogP contribution in [0.25, 0.3) is 12.2 Å². The maximum Gasteiger partial charge on any atom is 1.00 e. The molecule has 67 heavy (non-hydrogen) atoms. The molecular weight excluding hydrogens is 1020 g/mol. The van der Waals surface area contributed by atoms with Gasteiger partial charge in [0.25, 0.3) is 0 Å². The number of anilines is 8. The fraction of sp³-hybridized carbons (Fsp3) is 0.355. The van der Waals surface area contributed by atoms with E-state index < -0.39 is 90.1 Å². The van der Waals surface area contributed by atoms with Crippen LogP contribution in [0.4, 0.5) is 47.1 Å². The number of aromatic nitrogens is 6. The Morgan fingerprint density at radius 1 is 0.687 bits per heavy atom. The first-order chi connectivity index (χ1) is 29.5. The van der Waals surface area contributed by atoms with Crippen LogP contribution in [-0.2, 0) is 41.7 Å². The van der Waals surface area contributed by atoms with Gasteiger partial charge in [-0.1, -0.05) is 18.2 Å². The van der Waals surface area contributed by atoms with E-state index in [1.807, 2.05) is 0 Å². The van der Waals surface area contributed by atoms with Gasteiger partial charge in [-0.05, 0) is 29.8 Å². The molecule has 0 bridgehead atoms. The summed E-state index contributed by atoms with van der Waals surface area (Å²) in [6.07, 6.45) is -0.0687. The molecule has 4 rings (SSSR count). The molecule has 0 spiro atoms. The number of hydrogen-bond donors (Lipinski definition) is 9. The molecule has 0 saturated heterocycles. The van der Waals surface area contributed by atoms with Gasteiger partial charge < -0.3 is 74.3 Å². The van der Waals surface area contributed by atoms with Gasteiger partial charge in [-0.2, -0.15) is 29.9 Å². The molecular formula is C31H38N12Na4O16S4. The van der Waals surface area contributed by atoms with Gasteiger partial charge in [-0.3, -0.25) is 0 Å². The number of rotatable bonds is 25. The summed E-state index contributed by atoms with van der Waals surface area (Å²) in [5.41, 5.74) is -0.0986. The van der Waals surface area contributed by atoms with Gasteiger partial charge in [0.2, 0.25) is 35.7 Å². The van der Waals surface area contributed by atoms with Crippen LogP contribution in [0.1, 0.15) is 11.1 Å². The Labute approximate surface area is 475 Å². The number of nitrogens with zero attached hydrogens (tertiary/aromatic N) is 7. The topological polar surface area (TPSA) is 443 Å². The van der Waals surface area contributed by atoms with Gasteiger partial charge in [0.05, 0.1) is 62.1 Å². The number of nitrogens with one attached hydrogen (secondary N) is 5. The SMILES string of the molecule is CN(CCS(=O)(=O)[O-])c1nc(NCC(O)CO)nc(Nc2ccc(C=Cc3ccc(Nc4nc(NCCS(=O)(=O)[O-])nc(NCC(O)CO)n4)cc3OS(=O)[O-])c(S(=O)(=O)[O-])c2)n1.[Na+].[Na+].[Na+].[Na+]. The molecule has 3 atom stereocenters. The number of aliphatic hydroxyl groups is 4. The van der Waals surface area contributed by atoms with Crippen molar-refractivity contribution in [3.05, 3.63) is 47.5 Å². The first-order valence-electron chi connectivity index (χ1n) is 17.6. The summed E-state index contributed by atoms with van der Waals surface area (Å²) in [6, 6.07) is 7.34. The number of benzene rings is 2. The maximum atomic E-state index is 12.5. The van der Waals surface area contributed by atoms with E-state index in [1.165, 1.54) is 48.4 Å². The van der Waals surface area contributed by atoms with Gasteiger partial charge in [0.1, 0.15) is 27.2 Å². The van der Waals surface area contributed by atoms with Crippen LogP contribution in [0.5, 0.6) is 5.75 Å². The van der Waals surface area contributed by atoms with Gasteiger partial charge in [-0.15, -0.1) is 0 Å². The van der Waals surface area contributed by atoms with Gasteiger partial charge in [-0.25, -0.2) is 29.5 Å². The zero-order valence-electron chi connectivity index (χ0n) is 36.4. The molecule has 0 aliphatic carbocycles. The monoisotopic (exact) mass is 1050 g/mol. The molecule has 0 fully saturated rings. The molecule has 0 aliphatic rings. The average molecular weight is 1050 g/mol. The van der Waals surface area contributed by atoms with E-state index in [2.05, 4.69) is 56.5 Å². The van der Waals surface area contributed by atoms with Crippen LogP contribution in [-0.4, -0.2) is 168 Å². The Bertz CT molecular complexity index is 2630. The van der Waals surface area contributed by atoms with Crippen molar-refractivity contribution >= 4 is 101 Å². The standard InChI is InChI=1S/C31H42N12O16S4.4Na/c1-43(9-11-62(53,54)55)31-41-28(34-15-23(47)17-45)40-30(42-31)36-21-7-5-19(25(13-21)63(56,57)58)3-2-18-4-6-20(12-24(18)59-60(48)49)35-29-38-26(32-8-10-61(50,51)52)37-27(39-29)33-14-22(46)16-44;;;;/h2-7,12-13,22-23,44-47H,8-11,14-17H2,1H3,(H,48,49)(H,50,51,52)(H,53,54,55)(H,56,57,58)(H2,34,36,40,41,42)(H3,32,33,35,37,38,39);;;;/q;4*+1/p-4. The Hall–Kier alpha value is -1.52. The fourth-order valence-electron chi connectivity index (χ4n) is 4.74. The molecule has 36 heteroatoms. The minimum atomic E-state index is -5.22. The van der Waals surface area contributed by atoms with Crippen LogP contribution >= 0.6 is 0 Å². The van der Waals surface area contributed by atoms with E-state index in [0.717, 1.165) is 12.1 Å². The molecule has 0 saturated carbocycles. The van der Waals surface area contributed by atoms with E-state index in [-0.39, 0.29) is 202 Å². The predicted molar refractivity (Wildman–Crippen MR) is 220 cm³/mol. The first kappa shape index (κ1) is 65.5. The van der Waals surface area contributed by atoms with E-state index >= 15 is 0 Å². The van der Waals surface area contributed by atoms with Crippen LogP contribution in [0.3, 0.4) is 0 Å². The van der Waals surface area contributed by atoms with Crippen LogP contribution in [0, 0.1) is 0 Å². The van der Waals surface area contributed by atoms with Crippen LogP contribution in [0.2, 0.25) is 0 Å². The molecule has 0 radical (unpaired) electrons. The van der Waals surface area contributed by atoms with Crippen molar-refractivity contribution < 1.29 is 191 Å². The second-order valence-electron chi connectivity index (χ2n) is 12.7. The maximum absolute atomic E-state index is 12.5. The third-order valence-electron chi connectivity index (χ3n) is 7.73. The molecule has 0 aliphatic heterocycles. The largest absolute Gasteiger partial charge is 1.00 e. The molecule has 2 aromatic carbocycles. The third-order valence-corrected chi connectivity index (χ3v) is 10.3. The van der Waals surface area contributed by atoms with Crippen molar-refractivity contribution in [2.24, 2.45) is 0 Å². The van der Waals surface area contributed by atoms with Crippen molar-refractivity contribution in [2.75, 3.05) is 89.4 Å². The Kier molecular flexibility index (Phi) is 29.7. The molecule has 4 aromatic rings. The summed E-state index contributed by atoms with van der Waals surface area (Å²) in [6.45, 7) is -2.44. The van der Waals surface area contributed by atoms with Crippen LogP contribution in [0.15, 0.2) is 41.3 Å². The van der Waals surface area contributed by atoms with Crippen molar-refractivity contribution in [3.8, 4) is 5.75 Å². The third kappa shape index (κ3) is 24.0. The summed E-state index contributed by atoms with van der Waals surface area (Å²) < 4.78 is 132. The number of hydrogen-bond acceptors (Lipinski definition) is 28. The minimum absolute atomic E-state index is 0. The second-order valence-corrected chi connectivity index (χ2v) is 17.7. The van der Waals surface area contributed by atoms with E-state index in [4.69, 9.17) is 14.4 Å². The quantitative estimate of drug-likeness (QED) is 0.0129. The second kappa shape index (κ2) is 30.4. The summed E-state index contributed by atoms with van der Waals surface area (Å²) in [4.78, 5) is 25.0. The normalized spacial score (nSPS) is 12.7. The molecule has 3 unspecified atom stereocenters. The van der Waals surface area contributed by atoms with Gasteiger partial charge in [0, 0.05) is 56.2 Å². The summed E-state index contributed by atoms with van der Waals surface area (Å²) >= 11 is -3.15. The summed E-state index contributed by atoms with van der Waals surface area (Å²) in [5, 5.41) is 51.0. The molecule has 28 nitrogen and oxygen atoms in total. The predicted octanol–water partition coefficient (Wildman–Crippen LogP) is -14.7. The molecule has 2 heterocycles.